The zero-order valence-corrected chi connectivity index (χ0v) is 13.9. The maximum Gasteiger partial charge on any atom is 0.226 e. The summed E-state index contributed by atoms with van der Waals surface area (Å²) in [5, 5.41) is 0. The molecule has 1 heterocycles. The van der Waals surface area contributed by atoms with E-state index in [2.05, 4.69) is 41.8 Å². The molecule has 0 bridgehead atoms. The summed E-state index contributed by atoms with van der Waals surface area (Å²) in [4.78, 5) is 17.0. The van der Waals surface area contributed by atoms with E-state index in [1.807, 2.05) is 18.7 Å². The highest BCUT2D eigenvalue weighted by Crippen LogP contribution is 2.21. The predicted octanol–water partition coefficient (Wildman–Crippen LogP) is 3.32. The number of benzene rings is 1. The van der Waals surface area contributed by atoms with Gasteiger partial charge in [0.05, 0.1) is 0 Å². The topological polar surface area (TPSA) is 23.6 Å². The fourth-order valence-corrected chi connectivity index (χ4v) is 3.11. The van der Waals surface area contributed by atoms with E-state index in [0.29, 0.717) is 12.5 Å². The van der Waals surface area contributed by atoms with E-state index in [0.717, 1.165) is 44.6 Å². The third kappa shape index (κ3) is 4.70. The fourth-order valence-electron chi connectivity index (χ4n) is 3.11. The van der Waals surface area contributed by atoms with Crippen molar-refractivity contribution in [2.24, 2.45) is 5.92 Å². The Morgan fingerprint density at radius 2 is 1.91 bits per heavy atom. The second-order valence-corrected chi connectivity index (χ2v) is 6.35. The van der Waals surface area contributed by atoms with Crippen molar-refractivity contribution in [1.29, 1.82) is 0 Å². The quantitative estimate of drug-likeness (QED) is 0.752. The summed E-state index contributed by atoms with van der Waals surface area (Å²) < 4.78 is 0. The summed E-state index contributed by atoms with van der Waals surface area (Å²) in [6, 6.07) is 10.6. The van der Waals surface area contributed by atoms with Gasteiger partial charge in [-0.3, -0.25) is 9.69 Å². The van der Waals surface area contributed by atoms with E-state index in [4.69, 9.17) is 0 Å². The monoisotopic (exact) mass is 300 g/mol. The third-order valence-electron chi connectivity index (χ3n) is 4.34. The highest BCUT2D eigenvalue weighted by atomic mass is 16.2. The van der Waals surface area contributed by atoms with Gasteiger partial charge in [0.25, 0.3) is 0 Å². The van der Waals surface area contributed by atoms with E-state index in [1.165, 1.54) is 5.56 Å². The molecule has 0 unspecified atom stereocenters. The van der Waals surface area contributed by atoms with Crippen LogP contribution in [0.5, 0.6) is 0 Å². The summed E-state index contributed by atoms with van der Waals surface area (Å²) in [6.07, 6.45) is 1.94. The highest BCUT2D eigenvalue weighted by molar-refractivity contribution is 5.79. The molecule has 120 valence electrons. The molecule has 2 rings (SSSR count). The SMILES string of the molecule is C=C(C)CN(CC)C(=O)C1CCN(Cc2ccccc2)CC1. The zero-order valence-electron chi connectivity index (χ0n) is 13.9. The molecule has 0 radical (unpaired) electrons. The maximum absolute atomic E-state index is 12.6. The molecule has 0 atom stereocenters. The summed E-state index contributed by atoms with van der Waals surface area (Å²) in [6.45, 7) is 12.4. The molecule has 3 heteroatoms. The minimum Gasteiger partial charge on any atom is -0.339 e. The van der Waals surface area contributed by atoms with Crippen LogP contribution in [0.3, 0.4) is 0 Å². The number of likely N-dealkylation sites (N-methyl/N-ethyl adjacent to an activating group) is 1. The summed E-state index contributed by atoms with van der Waals surface area (Å²) in [5.74, 6) is 0.496. The first-order valence-corrected chi connectivity index (χ1v) is 8.29. The molecule has 0 spiro atoms. The van der Waals surface area contributed by atoms with Gasteiger partial charge in [-0.2, -0.15) is 0 Å². The van der Waals surface area contributed by atoms with Gasteiger partial charge < -0.3 is 4.90 Å². The Labute approximate surface area is 134 Å². The lowest BCUT2D eigenvalue weighted by atomic mass is 9.94. The fraction of sp³-hybridized carbons (Fsp3) is 0.526. The molecule has 0 saturated carbocycles. The van der Waals surface area contributed by atoms with Gasteiger partial charge in [0, 0.05) is 25.6 Å². The minimum atomic E-state index is 0.186. The van der Waals surface area contributed by atoms with Crippen molar-refractivity contribution in [2.75, 3.05) is 26.2 Å². The van der Waals surface area contributed by atoms with Crippen molar-refractivity contribution in [3.63, 3.8) is 0 Å². The van der Waals surface area contributed by atoms with Gasteiger partial charge in [-0.05, 0) is 45.3 Å². The largest absolute Gasteiger partial charge is 0.339 e. The molecule has 1 aromatic rings. The van der Waals surface area contributed by atoms with Gasteiger partial charge in [-0.1, -0.05) is 42.5 Å². The van der Waals surface area contributed by atoms with Crippen LogP contribution in [0.1, 0.15) is 32.3 Å². The number of hydrogen-bond donors (Lipinski definition) is 0. The highest BCUT2D eigenvalue weighted by Gasteiger charge is 2.27. The van der Waals surface area contributed by atoms with Crippen molar-refractivity contribution in [1.82, 2.24) is 9.80 Å². The number of rotatable bonds is 6. The number of hydrogen-bond acceptors (Lipinski definition) is 2. The first-order valence-electron chi connectivity index (χ1n) is 8.29. The average molecular weight is 300 g/mol. The van der Waals surface area contributed by atoms with Crippen LogP contribution >= 0.6 is 0 Å². The van der Waals surface area contributed by atoms with Gasteiger partial charge in [0.2, 0.25) is 5.91 Å². The molecule has 0 N–H and O–H groups in total. The lowest BCUT2D eigenvalue weighted by Gasteiger charge is -2.34. The first kappa shape index (κ1) is 16.8. The Kier molecular flexibility index (Phi) is 6.20. The van der Waals surface area contributed by atoms with Gasteiger partial charge in [0.1, 0.15) is 0 Å². The van der Waals surface area contributed by atoms with Gasteiger partial charge in [-0.15, -0.1) is 0 Å². The van der Waals surface area contributed by atoms with Crippen LogP contribution in [-0.2, 0) is 11.3 Å². The number of nitrogens with zero attached hydrogens (tertiary/aromatic N) is 2. The molecule has 1 amide bonds. The second-order valence-electron chi connectivity index (χ2n) is 6.35. The van der Waals surface area contributed by atoms with Crippen LogP contribution < -0.4 is 0 Å². The van der Waals surface area contributed by atoms with Crippen molar-refractivity contribution in [2.45, 2.75) is 33.2 Å². The van der Waals surface area contributed by atoms with Crippen molar-refractivity contribution in [3.8, 4) is 0 Å². The predicted molar refractivity (Wildman–Crippen MR) is 91.5 cm³/mol. The van der Waals surface area contributed by atoms with Gasteiger partial charge in [-0.25, -0.2) is 0 Å². The van der Waals surface area contributed by atoms with E-state index < -0.39 is 0 Å². The van der Waals surface area contributed by atoms with Crippen LogP contribution in [0.25, 0.3) is 0 Å². The molecule has 1 saturated heterocycles. The Morgan fingerprint density at radius 1 is 1.27 bits per heavy atom. The molecule has 1 aliphatic rings. The van der Waals surface area contributed by atoms with E-state index in [-0.39, 0.29) is 5.92 Å². The van der Waals surface area contributed by atoms with Crippen LogP contribution in [0.15, 0.2) is 42.5 Å². The molecule has 1 aliphatic heterocycles. The Hall–Kier alpha value is -1.61. The molecular formula is C19H28N2O. The van der Waals surface area contributed by atoms with Crippen molar-refractivity contribution in [3.05, 3.63) is 48.0 Å². The second kappa shape index (κ2) is 8.14. The zero-order chi connectivity index (χ0) is 15.9. The third-order valence-corrected chi connectivity index (χ3v) is 4.34. The lowest BCUT2D eigenvalue weighted by Crippen LogP contribution is -2.42. The Morgan fingerprint density at radius 3 is 2.45 bits per heavy atom. The molecule has 0 aliphatic carbocycles. The minimum absolute atomic E-state index is 0.186. The summed E-state index contributed by atoms with van der Waals surface area (Å²) >= 11 is 0. The Balaban J connectivity index is 1.83. The van der Waals surface area contributed by atoms with Crippen LogP contribution in [0, 0.1) is 5.92 Å². The van der Waals surface area contributed by atoms with Crippen LogP contribution in [0.4, 0.5) is 0 Å². The molecule has 0 aromatic heterocycles. The number of amides is 1. The number of piperidine rings is 1. The van der Waals surface area contributed by atoms with Crippen LogP contribution in [0.2, 0.25) is 0 Å². The first-order chi connectivity index (χ1) is 10.6. The molecule has 1 fully saturated rings. The van der Waals surface area contributed by atoms with Gasteiger partial charge >= 0.3 is 0 Å². The smallest absolute Gasteiger partial charge is 0.226 e. The number of carbonyl (C=O) groups excluding carboxylic acids is 1. The van der Waals surface area contributed by atoms with Gasteiger partial charge in [0.15, 0.2) is 0 Å². The number of likely N-dealkylation sites (tertiary alicyclic amines) is 1. The van der Waals surface area contributed by atoms with E-state index in [1.54, 1.807) is 0 Å². The average Bonchev–Trinajstić information content (AvgIpc) is 2.53. The summed E-state index contributed by atoms with van der Waals surface area (Å²) in [7, 11) is 0. The van der Waals surface area contributed by atoms with Crippen molar-refractivity contribution >= 4 is 5.91 Å². The molecule has 3 nitrogen and oxygen atoms in total. The van der Waals surface area contributed by atoms with Crippen molar-refractivity contribution < 1.29 is 4.79 Å². The Bertz CT molecular complexity index is 489. The molecule has 22 heavy (non-hydrogen) atoms. The number of carbonyl (C=O) groups is 1. The standard InChI is InChI=1S/C19H28N2O/c1-4-21(14-16(2)3)19(22)18-10-12-20(13-11-18)15-17-8-6-5-7-9-17/h5-9,18H,2,4,10-15H2,1,3H3. The summed E-state index contributed by atoms with van der Waals surface area (Å²) in [5.41, 5.74) is 2.40. The maximum atomic E-state index is 12.6. The lowest BCUT2D eigenvalue weighted by molar-refractivity contribution is -0.136. The van der Waals surface area contributed by atoms with E-state index in [9.17, 15) is 4.79 Å². The van der Waals surface area contributed by atoms with Crippen LogP contribution in [-0.4, -0.2) is 41.9 Å². The van der Waals surface area contributed by atoms with E-state index >= 15 is 0 Å². The normalized spacial score (nSPS) is 16.5. The molecular weight excluding hydrogens is 272 g/mol. The molecule has 1 aromatic carbocycles.